The van der Waals surface area contributed by atoms with Crippen molar-refractivity contribution in [3.05, 3.63) is 46.2 Å². The van der Waals surface area contributed by atoms with Crippen molar-refractivity contribution >= 4 is 33.1 Å². The van der Waals surface area contributed by atoms with Crippen molar-refractivity contribution in [1.82, 2.24) is 9.78 Å². The standard InChI is InChI=1S/C12H12BrN3OS/c1-16-5-4-9(15-16)7-17-11-3-2-8(13)6-10(11)12(14)18/h2-6H,7H2,1H3,(H2,14,18). The molecule has 0 aliphatic rings. The average Bonchev–Trinajstić information content (AvgIpc) is 2.73. The number of thiocarbonyl (C=S) groups is 1. The Balaban J connectivity index is 2.16. The van der Waals surface area contributed by atoms with Crippen LogP contribution in [0.1, 0.15) is 11.3 Å². The van der Waals surface area contributed by atoms with Gasteiger partial charge < -0.3 is 10.5 Å². The normalized spacial score (nSPS) is 10.3. The second-order valence-corrected chi connectivity index (χ2v) is 5.13. The highest BCUT2D eigenvalue weighted by Crippen LogP contribution is 2.23. The van der Waals surface area contributed by atoms with Gasteiger partial charge in [0.2, 0.25) is 0 Å². The molecule has 0 amide bonds. The fourth-order valence-corrected chi connectivity index (χ4v) is 2.03. The summed E-state index contributed by atoms with van der Waals surface area (Å²) in [6, 6.07) is 7.46. The first kappa shape index (κ1) is 13.0. The molecule has 0 radical (unpaired) electrons. The van der Waals surface area contributed by atoms with Crippen molar-refractivity contribution in [1.29, 1.82) is 0 Å². The molecule has 1 aromatic carbocycles. The summed E-state index contributed by atoms with van der Waals surface area (Å²) in [6.07, 6.45) is 1.87. The van der Waals surface area contributed by atoms with E-state index in [4.69, 9.17) is 22.7 Å². The maximum absolute atomic E-state index is 5.69. The second kappa shape index (κ2) is 5.49. The van der Waals surface area contributed by atoms with Crippen molar-refractivity contribution in [2.45, 2.75) is 6.61 Å². The van der Waals surface area contributed by atoms with Gasteiger partial charge in [-0.1, -0.05) is 28.1 Å². The Bertz CT molecular complexity index is 582. The van der Waals surface area contributed by atoms with Crippen LogP contribution < -0.4 is 10.5 Å². The second-order valence-electron chi connectivity index (χ2n) is 3.77. The summed E-state index contributed by atoms with van der Waals surface area (Å²) in [7, 11) is 1.86. The molecule has 2 aromatic rings. The molecule has 18 heavy (non-hydrogen) atoms. The molecule has 0 fully saturated rings. The average molecular weight is 326 g/mol. The Morgan fingerprint density at radius 2 is 2.28 bits per heavy atom. The molecule has 6 heteroatoms. The van der Waals surface area contributed by atoms with Crippen molar-refractivity contribution in [2.24, 2.45) is 12.8 Å². The van der Waals surface area contributed by atoms with Crippen LogP contribution in [0, 0.1) is 0 Å². The maximum Gasteiger partial charge on any atom is 0.132 e. The van der Waals surface area contributed by atoms with Gasteiger partial charge >= 0.3 is 0 Å². The Morgan fingerprint density at radius 3 is 2.89 bits per heavy atom. The summed E-state index contributed by atoms with van der Waals surface area (Å²) in [6.45, 7) is 0.387. The first-order valence-electron chi connectivity index (χ1n) is 5.27. The van der Waals surface area contributed by atoms with E-state index in [-0.39, 0.29) is 0 Å². The zero-order valence-corrected chi connectivity index (χ0v) is 12.2. The summed E-state index contributed by atoms with van der Waals surface area (Å²) >= 11 is 8.38. The highest BCUT2D eigenvalue weighted by atomic mass is 79.9. The number of halogens is 1. The summed E-state index contributed by atoms with van der Waals surface area (Å²) < 4.78 is 8.33. The smallest absolute Gasteiger partial charge is 0.132 e. The Hall–Kier alpha value is -1.40. The molecule has 2 rings (SSSR count). The van der Waals surface area contributed by atoms with Crippen LogP contribution in [0.3, 0.4) is 0 Å². The largest absolute Gasteiger partial charge is 0.486 e. The van der Waals surface area contributed by atoms with Crippen LogP contribution in [0.5, 0.6) is 5.75 Å². The number of nitrogens with two attached hydrogens (primary N) is 1. The van der Waals surface area contributed by atoms with E-state index in [0.717, 1.165) is 15.7 Å². The molecule has 0 bridgehead atoms. The third kappa shape index (κ3) is 3.08. The van der Waals surface area contributed by atoms with E-state index < -0.39 is 0 Å². The predicted molar refractivity (Wildman–Crippen MR) is 77.6 cm³/mol. The van der Waals surface area contributed by atoms with Crippen molar-refractivity contribution in [3.8, 4) is 5.75 Å². The maximum atomic E-state index is 5.69. The molecule has 0 aliphatic heterocycles. The fraction of sp³-hybridized carbons (Fsp3) is 0.167. The van der Waals surface area contributed by atoms with E-state index in [9.17, 15) is 0 Å². The molecule has 0 aliphatic carbocycles. The quantitative estimate of drug-likeness (QED) is 0.877. The van der Waals surface area contributed by atoms with E-state index in [0.29, 0.717) is 17.3 Å². The van der Waals surface area contributed by atoms with E-state index in [1.54, 1.807) is 4.68 Å². The van der Waals surface area contributed by atoms with Gasteiger partial charge in [-0.05, 0) is 24.3 Å². The van der Waals surface area contributed by atoms with Crippen LogP contribution in [0.2, 0.25) is 0 Å². The van der Waals surface area contributed by atoms with Gasteiger partial charge in [-0.15, -0.1) is 0 Å². The number of aryl methyl sites for hydroxylation is 1. The zero-order chi connectivity index (χ0) is 13.1. The molecule has 0 saturated heterocycles. The Morgan fingerprint density at radius 1 is 1.50 bits per heavy atom. The number of hydrogen-bond acceptors (Lipinski definition) is 3. The van der Waals surface area contributed by atoms with Gasteiger partial charge in [-0.25, -0.2) is 0 Å². The van der Waals surface area contributed by atoms with Gasteiger partial charge in [0.05, 0.1) is 11.3 Å². The lowest BCUT2D eigenvalue weighted by molar-refractivity contribution is 0.299. The molecule has 0 spiro atoms. The molecule has 0 unspecified atom stereocenters. The number of rotatable bonds is 4. The van der Waals surface area contributed by atoms with Gasteiger partial charge in [0.25, 0.3) is 0 Å². The minimum atomic E-state index is 0.312. The molecule has 94 valence electrons. The van der Waals surface area contributed by atoms with Crippen molar-refractivity contribution in [2.75, 3.05) is 0 Å². The first-order valence-corrected chi connectivity index (χ1v) is 6.47. The minimum Gasteiger partial charge on any atom is -0.486 e. The third-order valence-corrected chi connectivity index (χ3v) is 3.06. The highest BCUT2D eigenvalue weighted by molar-refractivity contribution is 9.10. The lowest BCUT2D eigenvalue weighted by Gasteiger charge is -2.10. The molecule has 2 N–H and O–H groups in total. The number of benzene rings is 1. The van der Waals surface area contributed by atoms with Gasteiger partial charge in [-0.2, -0.15) is 5.10 Å². The van der Waals surface area contributed by atoms with Gasteiger partial charge in [0, 0.05) is 17.7 Å². The van der Waals surface area contributed by atoms with Crippen LogP contribution in [0.25, 0.3) is 0 Å². The molecule has 1 heterocycles. The van der Waals surface area contributed by atoms with E-state index in [1.165, 1.54) is 0 Å². The summed E-state index contributed by atoms with van der Waals surface area (Å²) in [5.74, 6) is 0.663. The lowest BCUT2D eigenvalue weighted by Crippen LogP contribution is -2.12. The molecule has 1 aromatic heterocycles. The number of aromatic nitrogens is 2. The molecule has 0 atom stereocenters. The number of hydrogen-bond donors (Lipinski definition) is 1. The monoisotopic (exact) mass is 325 g/mol. The SMILES string of the molecule is Cn1ccc(COc2ccc(Br)cc2C(N)=S)n1. The van der Waals surface area contributed by atoms with Crippen LogP contribution in [0.4, 0.5) is 0 Å². The Labute approximate surface area is 119 Å². The van der Waals surface area contributed by atoms with Crippen molar-refractivity contribution < 1.29 is 4.74 Å². The molecular weight excluding hydrogens is 314 g/mol. The van der Waals surface area contributed by atoms with Crippen LogP contribution in [-0.2, 0) is 13.7 Å². The van der Waals surface area contributed by atoms with Crippen molar-refractivity contribution in [3.63, 3.8) is 0 Å². The fourth-order valence-electron chi connectivity index (χ4n) is 1.51. The van der Waals surface area contributed by atoms with Gasteiger partial charge in [0.1, 0.15) is 17.3 Å². The van der Waals surface area contributed by atoms with Crippen LogP contribution in [0.15, 0.2) is 34.9 Å². The lowest BCUT2D eigenvalue weighted by atomic mass is 10.2. The molecular formula is C12H12BrN3OS. The van der Waals surface area contributed by atoms with Crippen LogP contribution >= 0.6 is 28.1 Å². The Kier molecular flexibility index (Phi) is 3.98. The predicted octanol–water partition coefficient (Wildman–Crippen LogP) is 2.40. The van der Waals surface area contributed by atoms with Gasteiger partial charge in [-0.3, -0.25) is 4.68 Å². The third-order valence-electron chi connectivity index (χ3n) is 2.35. The van der Waals surface area contributed by atoms with Crippen LogP contribution in [-0.4, -0.2) is 14.8 Å². The summed E-state index contributed by atoms with van der Waals surface area (Å²) in [5.41, 5.74) is 7.24. The number of nitrogens with zero attached hydrogens (tertiary/aromatic N) is 2. The van der Waals surface area contributed by atoms with E-state index in [1.807, 2.05) is 37.5 Å². The topological polar surface area (TPSA) is 53.1 Å². The zero-order valence-electron chi connectivity index (χ0n) is 9.76. The van der Waals surface area contributed by atoms with E-state index >= 15 is 0 Å². The minimum absolute atomic E-state index is 0.312. The first-order chi connectivity index (χ1) is 8.56. The summed E-state index contributed by atoms with van der Waals surface area (Å²) in [5, 5.41) is 4.24. The summed E-state index contributed by atoms with van der Waals surface area (Å²) in [4.78, 5) is 0.312. The van der Waals surface area contributed by atoms with Gasteiger partial charge in [0.15, 0.2) is 0 Å². The number of ether oxygens (including phenoxy) is 1. The van der Waals surface area contributed by atoms with E-state index in [2.05, 4.69) is 21.0 Å². The molecule has 4 nitrogen and oxygen atoms in total. The molecule has 0 saturated carbocycles. The highest BCUT2D eigenvalue weighted by Gasteiger charge is 2.08.